The number of anilines is 1. The van der Waals surface area contributed by atoms with Gasteiger partial charge in [0.2, 0.25) is 0 Å². The first-order valence-electron chi connectivity index (χ1n) is 9.31. The van der Waals surface area contributed by atoms with Crippen molar-refractivity contribution in [1.29, 1.82) is 0 Å². The van der Waals surface area contributed by atoms with Gasteiger partial charge in [-0.2, -0.15) is 0 Å². The normalized spacial score (nSPS) is 14.8. The number of hydrogen-bond donors (Lipinski definition) is 0. The smallest absolute Gasteiger partial charge is 0.410 e. The monoisotopic (exact) mass is 389 g/mol. The Hall–Kier alpha value is -2.28. The number of nitrogens with zero attached hydrogens (tertiary/aromatic N) is 3. The topological polar surface area (TPSA) is 54.9 Å². The summed E-state index contributed by atoms with van der Waals surface area (Å²) in [6, 6.07) is 8.13. The SMILES string of the molecule is CN(C)c1cccc(OCCC2CCN(C(=O)OCc3cncs3)CC2)c1. The van der Waals surface area contributed by atoms with Crippen LogP contribution in [0.15, 0.2) is 36.0 Å². The molecule has 27 heavy (non-hydrogen) atoms. The van der Waals surface area contributed by atoms with Gasteiger partial charge in [0.25, 0.3) is 0 Å². The van der Waals surface area contributed by atoms with E-state index in [-0.39, 0.29) is 6.09 Å². The maximum atomic E-state index is 12.1. The van der Waals surface area contributed by atoms with Gasteiger partial charge in [-0.25, -0.2) is 4.79 Å². The summed E-state index contributed by atoms with van der Waals surface area (Å²) in [5, 5.41) is 0. The lowest BCUT2D eigenvalue weighted by Crippen LogP contribution is -2.39. The van der Waals surface area contributed by atoms with Crippen molar-refractivity contribution >= 4 is 23.1 Å². The number of hydrogen-bond acceptors (Lipinski definition) is 6. The average molecular weight is 390 g/mol. The summed E-state index contributed by atoms with van der Waals surface area (Å²) in [5.74, 6) is 1.50. The number of thiazole rings is 1. The van der Waals surface area contributed by atoms with Crippen molar-refractivity contribution in [3.05, 3.63) is 40.8 Å². The highest BCUT2D eigenvalue weighted by atomic mass is 32.1. The molecule has 146 valence electrons. The number of carbonyl (C=O) groups is 1. The molecule has 6 nitrogen and oxygen atoms in total. The molecule has 1 amide bonds. The van der Waals surface area contributed by atoms with Gasteiger partial charge in [-0.05, 0) is 37.3 Å². The van der Waals surface area contributed by atoms with Crippen molar-refractivity contribution in [2.45, 2.75) is 25.9 Å². The van der Waals surface area contributed by atoms with Gasteiger partial charge in [-0.15, -0.1) is 11.3 Å². The number of rotatable bonds is 7. The minimum absolute atomic E-state index is 0.224. The van der Waals surface area contributed by atoms with E-state index in [2.05, 4.69) is 22.0 Å². The molecule has 3 rings (SSSR count). The van der Waals surface area contributed by atoms with Crippen LogP contribution in [0.25, 0.3) is 0 Å². The maximum Gasteiger partial charge on any atom is 0.410 e. The zero-order valence-electron chi connectivity index (χ0n) is 16.0. The van der Waals surface area contributed by atoms with Crippen LogP contribution in [0, 0.1) is 5.92 Å². The summed E-state index contributed by atoms with van der Waals surface area (Å²) in [7, 11) is 4.05. The average Bonchev–Trinajstić information content (AvgIpc) is 3.20. The maximum absolute atomic E-state index is 12.1. The van der Waals surface area contributed by atoms with Crippen molar-refractivity contribution in [1.82, 2.24) is 9.88 Å². The molecule has 1 aromatic heterocycles. The Morgan fingerprint density at radius 2 is 2.15 bits per heavy atom. The van der Waals surface area contributed by atoms with Crippen LogP contribution in [0.2, 0.25) is 0 Å². The van der Waals surface area contributed by atoms with Gasteiger partial charge in [-0.1, -0.05) is 6.07 Å². The van der Waals surface area contributed by atoms with Crippen LogP contribution in [0.1, 0.15) is 24.1 Å². The lowest BCUT2D eigenvalue weighted by atomic mass is 9.94. The lowest BCUT2D eigenvalue weighted by Gasteiger charge is -2.31. The van der Waals surface area contributed by atoms with Crippen LogP contribution in [0.4, 0.5) is 10.5 Å². The molecule has 0 spiro atoms. The van der Waals surface area contributed by atoms with E-state index >= 15 is 0 Å². The molecule has 2 aromatic rings. The van der Waals surface area contributed by atoms with Crippen LogP contribution >= 0.6 is 11.3 Å². The van der Waals surface area contributed by atoms with Gasteiger partial charge in [0.15, 0.2) is 0 Å². The number of aromatic nitrogens is 1. The van der Waals surface area contributed by atoms with Crippen molar-refractivity contribution in [2.24, 2.45) is 5.92 Å². The Kier molecular flexibility index (Phi) is 6.92. The Morgan fingerprint density at radius 3 is 2.85 bits per heavy atom. The second-order valence-corrected chi connectivity index (χ2v) is 7.95. The number of piperidine rings is 1. The predicted molar refractivity (Wildman–Crippen MR) is 107 cm³/mol. The fraction of sp³-hybridized carbons (Fsp3) is 0.500. The molecule has 0 N–H and O–H groups in total. The first-order valence-corrected chi connectivity index (χ1v) is 10.2. The molecule has 1 aliphatic rings. The highest BCUT2D eigenvalue weighted by Gasteiger charge is 2.23. The standard InChI is InChI=1S/C20H27N3O3S/c1-22(2)17-4-3-5-18(12-17)25-11-8-16-6-9-23(10-7-16)20(24)26-14-19-13-21-15-27-19/h3-5,12-13,15-16H,6-11,14H2,1-2H3. The van der Waals surface area contributed by atoms with Gasteiger partial charge in [0, 0.05) is 45.1 Å². The molecule has 1 saturated heterocycles. The Bertz CT molecular complexity index is 713. The molecule has 1 fully saturated rings. The summed E-state index contributed by atoms with van der Waals surface area (Å²) in [6.07, 6.45) is 4.51. The third kappa shape index (κ3) is 5.85. The number of amides is 1. The first kappa shape index (κ1) is 19.5. The quantitative estimate of drug-likeness (QED) is 0.716. The molecular weight excluding hydrogens is 362 g/mol. The third-order valence-corrected chi connectivity index (χ3v) is 5.58. The van der Waals surface area contributed by atoms with E-state index in [1.807, 2.05) is 26.2 Å². The molecule has 1 aromatic carbocycles. The molecule has 1 aliphatic heterocycles. The van der Waals surface area contributed by atoms with E-state index in [0.29, 0.717) is 19.1 Å². The Labute approximate surface area is 164 Å². The van der Waals surface area contributed by atoms with Crippen molar-refractivity contribution < 1.29 is 14.3 Å². The van der Waals surface area contributed by atoms with Crippen molar-refractivity contribution in [2.75, 3.05) is 38.7 Å². The number of benzene rings is 1. The Balaban J connectivity index is 1.34. The van der Waals surface area contributed by atoms with E-state index < -0.39 is 0 Å². The van der Waals surface area contributed by atoms with E-state index in [0.717, 1.165) is 48.7 Å². The fourth-order valence-corrected chi connectivity index (χ4v) is 3.64. The summed E-state index contributed by atoms with van der Waals surface area (Å²) >= 11 is 1.50. The van der Waals surface area contributed by atoms with Crippen LogP contribution in [0.3, 0.4) is 0 Å². The van der Waals surface area contributed by atoms with Crippen LogP contribution in [-0.2, 0) is 11.3 Å². The largest absolute Gasteiger partial charge is 0.494 e. The van der Waals surface area contributed by atoms with Crippen LogP contribution < -0.4 is 9.64 Å². The highest BCUT2D eigenvalue weighted by Crippen LogP contribution is 2.23. The number of likely N-dealkylation sites (tertiary alicyclic amines) is 1. The second-order valence-electron chi connectivity index (χ2n) is 6.98. The molecule has 0 bridgehead atoms. The minimum Gasteiger partial charge on any atom is -0.494 e. The number of ether oxygens (including phenoxy) is 2. The molecule has 2 heterocycles. The summed E-state index contributed by atoms with van der Waals surface area (Å²) in [4.78, 5) is 21.0. The predicted octanol–water partition coefficient (Wildman–Crippen LogP) is 4.03. The van der Waals surface area contributed by atoms with E-state index in [4.69, 9.17) is 9.47 Å². The third-order valence-electron chi connectivity index (χ3n) is 4.82. The van der Waals surface area contributed by atoms with Gasteiger partial charge in [0.1, 0.15) is 12.4 Å². The molecule has 0 radical (unpaired) electrons. The van der Waals surface area contributed by atoms with Gasteiger partial charge in [-0.3, -0.25) is 4.98 Å². The van der Waals surface area contributed by atoms with E-state index in [1.165, 1.54) is 11.3 Å². The summed E-state index contributed by atoms with van der Waals surface area (Å²) < 4.78 is 11.3. The van der Waals surface area contributed by atoms with Crippen molar-refractivity contribution in [3.8, 4) is 5.75 Å². The number of carbonyl (C=O) groups excluding carboxylic acids is 1. The fourth-order valence-electron chi connectivity index (χ4n) is 3.14. The minimum atomic E-state index is -0.224. The van der Waals surface area contributed by atoms with E-state index in [1.54, 1.807) is 16.6 Å². The molecular formula is C20H27N3O3S. The highest BCUT2D eigenvalue weighted by molar-refractivity contribution is 7.09. The molecule has 0 saturated carbocycles. The van der Waals surface area contributed by atoms with Gasteiger partial charge >= 0.3 is 6.09 Å². The zero-order chi connectivity index (χ0) is 19.1. The van der Waals surface area contributed by atoms with Crippen LogP contribution in [0.5, 0.6) is 5.75 Å². The first-order chi connectivity index (χ1) is 13.1. The van der Waals surface area contributed by atoms with Gasteiger partial charge in [0.05, 0.1) is 17.0 Å². The molecule has 0 unspecified atom stereocenters. The van der Waals surface area contributed by atoms with E-state index in [9.17, 15) is 4.79 Å². The molecule has 0 atom stereocenters. The molecule has 7 heteroatoms. The summed E-state index contributed by atoms with van der Waals surface area (Å²) in [5.41, 5.74) is 2.88. The summed E-state index contributed by atoms with van der Waals surface area (Å²) in [6.45, 7) is 2.52. The van der Waals surface area contributed by atoms with Gasteiger partial charge < -0.3 is 19.3 Å². The Morgan fingerprint density at radius 1 is 1.33 bits per heavy atom. The zero-order valence-corrected chi connectivity index (χ0v) is 16.8. The lowest BCUT2D eigenvalue weighted by molar-refractivity contribution is 0.0807. The van der Waals surface area contributed by atoms with Crippen LogP contribution in [-0.4, -0.2) is 49.8 Å². The second kappa shape index (κ2) is 9.60. The molecule has 0 aliphatic carbocycles. The van der Waals surface area contributed by atoms with Crippen molar-refractivity contribution in [3.63, 3.8) is 0 Å².